The van der Waals surface area contributed by atoms with Gasteiger partial charge in [0.2, 0.25) is 0 Å². The van der Waals surface area contributed by atoms with Crippen LogP contribution in [0.2, 0.25) is 0 Å². The maximum absolute atomic E-state index is 4.08. The molecule has 0 radical (unpaired) electrons. The molecule has 2 aromatic heterocycles. The van der Waals surface area contributed by atoms with E-state index in [1.54, 1.807) is 0 Å². The summed E-state index contributed by atoms with van der Waals surface area (Å²) < 4.78 is 4.24. The minimum Gasteiger partial charge on any atom is -0.337 e. The molecule has 3 rings (SSSR count). The summed E-state index contributed by atoms with van der Waals surface area (Å²) in [4.78, 5) is 8.16. The Bertz CT molecular complexity index is 569. The van der Waals surface area contributed by atoms with Gasteiger partial charge >= 0.3 is 0 Å². The second kappa shape index (κ2) is 6.19. The molecule has 0 bridgehead atoms. The van der Waals surface area contributed by atoms with Gasteiger partial charge in [-0.25, -0.2) is 9.97 Å². The molecule has 3 aromatic rings. The molecule has 0 fully saturated rings. The third-order valence-corrected chi connectivity index (χ3v) is 3.52. The van der Waals surface area contributed by atoms with Crippen LogP contribution in [-0.4, -0.2) is 19.1 Å². The Morgan fingerprint density at radius 3 is 1.65 bits per heavy atom. The van der Waals surface area contributed by atoms with E-state index in [9.17, 15) is 0 Å². The first-order chi connectivity index (χ1) is 9.92. The highest BCUT2D eigenvalue weighted by Gasteiger charge is 2.02. The molecule has 0 atom stereocenters. The Balaban J connectivity index is 1.64. The van der Waals surface area contributed by atoms with Gasteiger partial charge in [-0.1, -0.05) is 24.3 Å². The van der Waals surface area contributed by atoms with Crippen LogP contribution in [0.5, 0.6) is 0 Å². The fourth-order valence-electron chi connectivity index (χ4n) is 2.38. The van der Waals surface area contributed by atoms with Crippen LogP contribution in [0.15, 0.2) is 61.7 Å². The highest BCUT2D eigenvalue weighted by molar-refractivity contribution is 5.27. The van der Waals surface area contributed by atoms with E-state index >= 15 is 0 Å². The van der Waals surface area contributed by atoms with Gasteiger partial charge in [0.1, 0.15) is 0 Å². The van der Waals surface area contributed by atoms with E-state index in [-0.39, 0.29) is 0 Å². The average Bonchev–Trinajstić information content (AvgIpc) is 3.17. The molecule has 102 valence electrons. The van der Waals surface area contributed by atoms with Crippen molar-refractivity contribution in [1.82, 2.24) is 19.1 Å². The standard InChI is InChI=1S/C16H18N4/c1-2-4-16(6-10-20-12-8-18-14-20)15(3-1)5-9-19-11-7-17-13-19/h1-4,7-8,11-14H,5-6,9-10H2. The zero-order chi connectivity index (χ0) is 13.6. The average molecular weight is 266 g/mol. The number of rotatable bonds is 6. The maximum atomic E-state index is 4.08. The molecule has 4 heteroatoms. The molecule has 0 spiro atoms. The summed E-state index contributed by atoms with van der Waals surface area (Å²) in [5.74, 6) is 0. The molecule has 2 heterocycles. The third kappa shape index (κ3) is 3.15. The number of aromatic nitrogens is 4. The minimum atomic E-state index is 0.974. The number of imidazole rings is 2. The largest absolute Gasteiger partial charge is 0.337 e. The lowest BCUT2D eigenvalue weighted by Crippen LogP contribution is -2.04. The van der Waals surface area contributed by atoms with Crippen molar-refractivity contribution in [2.75, 3.05) is 0 Å². The summed E-state index contributed by atoms with van der Waals surface area (Å²) >= 11 is 0. The lowest BCUT2D eigenvalue weighted by Gasteiger charge is -2.10. The SMILES string of the molecule is c1ccc(CCn2ccnc2)c(CCn2ccnc2)c1. The lowest BCUT2D eigenvalue weighted by molar-refractivity contribution is 0.669. The molecule has 4 nitrogen and oxygen atoms in total. The zero-order valence-corrected chi connectivity index (χ0v) is 11.4. The fourth-order valence-corrected chi connectivity index (χ4v) is 2.38. The molecule has 0 aliphatic rings. The normalized spacial score (nSPS) is 10.8. The summed E-state index contributed by atoms with van der Waals surface area (Å²) in [6.07, 6.45) is 13.5. The van der Waals surface area contributed by atoms with E-state index in [0.29, 0.717) is 0 Å². The van der Waals surface area contributed by atoms with Crippen molar-refractivity contribution < 1.29 is 0 Å². The van der Waals surface area contributed by atoms with Gasteiger partial charge in [-0.05, 0) is 24.0 Å². The molecular weight excluding hydrogens is 248 g/mol. The third-order valence-electron chi connectivity index (χ3n) is 3.52. The van der Waals surface area contributed by atoms with Crippen LogP contribution in [-0.2, 0) is 25.9 Å². The number of nitrogens with zero attached hydrogens (tertiary/aromatic N) is 4. The predicted octanol–water partition coefficient (Wildman–Crippen LogP) is 2.57. The highest BCUT2D eigenvalue weighted by atomic mass is 15.0. The Morgan fingerprint density at radius 1 is 0.750 bits per heavy atom. The van der Waals surface area contributed by atoms with Crippen LogP contribution >= 0.6 is 0 Å². The van der Waals surface area contributed by atoms with Gasteiger partial charge in [-0.15, -0.1) is 0 Å². The molecule has 0 unspecified atom stereocenters. The summed E-state index contributed by atoms with van der Waals surface area (Å²) in [6.45, 7) is 1.95. The number of benzene rings is 1. The molecule has 0 saturated heterocycles. The van der Waals surface area contributed by atoms with Gasteiger partial charge < -0.3 is 9.13 Å². The summed E-state index contributed by atoms with van der Waals surface area (Å²) in [5.41, 5.74) is 2.84. The van der Waals surface area contributed by atoms with Crippen molar-refractivity contribution in [3.63, 3.8) is 0 Å². The molecule has 0 aliphatic carbocycles. The zero-order valence-electron chi connectivity index (χ0n) is 11.4. The summed E-state index contributed by atoms with van der Waals surface area (Å²) in [6, 6.07) is 8.67. The highest BCUT2D eigenvalue weighted by Crippen LogP contribution is 2.12. The number of hydrogen-bond donors (Lipinski definition) is 0. The minimum absolute atomic E-state index is 0.974. The van der Waals surface area contributed by atoms with Crippen molar-refractivity contribution in [3.8, 4) is 0 Å². The fraction of sp³-hybridized carbons (Fsp3) is 0.250. The number of hydrogen-bond acceptors (Lipinski definition) is 2. The van der Waals surface area contributed by atoms with Crippen LogP contribution in [0.3, 0.4) is 0 Å². The molecule has 0 amide bonds. The van der Waals surface area contributed by atoms with Crippen molar-refractivity contribution in [2.45, 2.75) is 25.9 Å². The molecular formula is C16H18N4. The van der Waals surface area contributed by atoms with E-state index in [2.05, 4.69) is 43.4 Å². The maximum Gasteiger partial charge on any atom is 0.0946 e. The van der Waals surface area contributed by atoms with Gasteiger partial charge in [0.05, 0.1) is 12.7 Å². The van der Waals surface area contributed by atoms with Gasteiger partial charge in [-0.3, -0.25) is 0 Å². The van der Waals surface area contributed by atoms with E-state index in [4.69, 9.17) is 0 Å². The smallest absolute Gasteiger partial charge is 0.0946 e. The Kier molecular flexibility index (Phi) is 3.92. The second-order valence-corrected chi connectivity index (χ2v) is 4.87. The van der Waals surface area contributed by atoms with Gasteiger partial charge in [0.15, 0.2) is 0 Å². The first kappa shape index (κ1) is 12.7. The van der Waals surface area contributed by atoms with Crippen molar-refractivity contribution in [2.24, 2.45) is 0 Å². The van der Waals surface area contributed by atoms with Crippen LogP contribution in [0.25, 0.3) is 0 Å². The van der Waals surface area contributed by atoms with Gasteiger partial charge in [0.25, 0.3) is 0 Å². The predicted molar refractivity (Wildman–Crippen MR) is 78.3 cm³/mol. The molecule has 20 heavy (non-hydrogen) atoms. The topological polar surface area (TPSA) is 35.6 Å². The van der Waals surface area contributed by atoms with E-state index < -0.39 is 0 Å². The van der Waals surface area contributed by atoms with E-state index in [0.717, 1.165) is 25.9 Å². The van der Waals surface area contributed by atoms with Crippen LogP contribution in [0.1, 0.15) is 11.1 Å². The quantitative estimate of drug-likeness (QED) is 0.687. The number of aryl methyl sites for hydroxylation is 4. The first-order valence-corrected chi connectivity index (χ1v) is 6.90. The molecule has 0 saturated carbocycles. The van der Waals surface area contributed by atoms with Crippen molar-refractivity contribution >= 4 is 0 Å². The van der Waals surface area contributed by atoms with Gasteiger partial charge in [0, 0.05) is 37.9 Å². The Hall–Kier alpha value is -2.36. The van der Waals surface area contributed by atoms with Crippen LogP contribution in [0, 0.1) is 0 Å². The van der Waals surface area contributed by atoms with Crippen LogP contribution in [0.4, 0.5) is 0 Å². The monoisotopic (exact) mass is 266 g/mol. The summed E-state index contributed by atoms with van der Waals surface area (Å²) in [5, 5.41) is 0. The van der Waals surface area contributed by atoms with Gasteiger partial charge in [-0.2, -0.15) is 0 Å². The molecule has 0 aliphatic heterocycles. The molecule has 0 N–H and O–H groups in total. The first-order valence-electron chi connectivity index (χ1n) is 6.90. The Morgan fingerprint density at radius 2 is 1.25 bits per heavy atom. The van der Waals surface area contributed by atoms with Crippen molar-refractivity contribution in [1.29, 1.82) is 0 Å². The van der Waals surface area contributed by atoms with Crippen molar-refractivity contribution in [3.05, 3.63) is 72.8 Å². The lowest BCUT2D eigenvalue weighted by atomic mass is 10.0. The second-order valence-electron chi connectivity index (χ2n) is 4.87. The van der Waals surface area contributed by atoms with E-state index in [1.807, 2.05) is 37.4 Å². The van der Waals surface area contributed by atoms with Crippen LogP contribution < -0.4 is 0 Å². The van der Waals surface area contributed by atoms with E-state index in [1.165, 1.54) is 11.1 Å². The summed E-state index contributed by atoms with van der Waals surface area (Å²) in [7, 11) is 0. The Labute approximate surface area is 118 Å². The molecule has 1 aromatic carbocycles.